The zero-order valence-electron chi connectivity index (χ0n) is 15.1. The van der Waals surface area contributed by atoms with E-state index in [9.17, 15) is 4.79 Å². The Morgan fingerprint density at radius 1 is 0.929 bits per heavy atom. The first-order chi connectivity index (χ1) is 13.7. The van der Waals surface area contributed by atoms with E-state index in [4.69, 9.17) is 14.7 Å². The van der Waals surface area contributed by atoms with Gasteiger partial charge in [-0.05, 0) is 60.2 Å². The van der Waals surface area contributed by atoms with Gasteiger partial charge in [-0.15, -0.1) is 0 Å². The molecule has 3 aromatic rings. The van der Waals surface area contributed by atoms with Gasteiger partial charge in [0.1, 0.15) is 23.4 Å². The topological polar surface area (TPSA) is 91.9 Å². The number of fused-ring (bicyclic) bond motifs is 1. The van der Waals surface area contributed by atoms with E-state index in [0.717, 1.165) is 22.7 Å². The van der Waals surface area contributed by atoms with Crippen LogP contribution in [0.25, 0.3) is 0 Å². The van der Waals surface area contributed by atoms with E-state index in [1.807, 2.05) is 48.5 Å². The highest BCUT2D eigenvalue weighted by molar-refractivity contribution is 5.96. The maximum Gasteiger partial charge on any atom is 0.274 e. The second kappa shape index (κ2) is 7.50. The van der Waals surface area contributed by atoms with Gasteiger partial charge in [-0.2, -0.15) is 0 Å². The van der Waals surface area contributed by atoms with E-state index < -0.39 is 5.91 Å². The first kappa shape index (κ1) is 17.7. The summed E-state index contributed by atoms with van der Waals surface area (Å²) in [4.78, 5) is 11.6. The molecule has 0 aliphatic carbocycles. The molecule has 0 radical (unpaired) electrons. The van der Waals surface area contributed by atoms with Crippen molar-refractivity contribution in [3.63, 3.8) is 0 Å². The van der Waals surface area contributed by atoms with Gasteiger partial charge in [0.2, 0.25) is 0 Å². The number of ether oxygens (including phenoxy) is 2. The minimum absolute atomic E-state index is 0.165. The van der Waals surface area contributed by atoms with Gasteiger partial charge >= 0.3 is 0 Å². The van der Waals surface area contributed by atoms with Crippen molar-refractivity contribution >= 4 is 17.3 Å². The zero-order chi connectivity index (χ0) is 19.5. The number of hydroxylamine groups is 1. The predicted octanol–water partition coefficient (Wildman–Crippen LogP) is 4.14. The Morgan fingerprint density at radius 3 is 2.43 bits per heavy atom. The molecule has 142 valence electrons. The van der Waals surface area contributed by atoms with Gasteiger partial charge in [-0.1, -0.05) is 12.1 Å². The molecule has 4 N–H and O–H groups in total. The van der Waals surface area contributed by atoms with E-state index in [1.54, 1.807) is 30.8 Å². The molecule has 0 spiro atoms. The number of amides is 1. The molecule has 7 nitrogen and oxygen atoms in total. The third-order valence-corrected chi connectivity index (χ3v) is 4.47. The Kier molecular flexibility index (Phi) is 4.74. The highest BCUT2D eigenvalue weighted by Crippen LogP contribution is 2.37. The van der Waals surface area contributed by atoms with E-state index in [1.165, 1.54) is 0 Å². The highest BCUT2D eigenvalue weighted by atomic mass is 16.5. The second-order valence-electron chi connectivity index (χ2n) is 6.27. The van der Waals surface area contributed by atoms with Crippen molar-refractivity contribution in [2.75, 3.05) is 17.7 Å². The number of nitrogens with one attached hydrogen (secondary N) is 3. The summed E-state index contributed by atoms with van der Waals surface area (Å²) in [5, 5.41) is 15.5. The maximum absolute atomic E-state index is 11.6. The van der Waals surface area contributed by atoms with Crippen LogP contribution in [0.2, 0.25) is 0 Å². The number of anilines is 2. The molecule has 1 aliphatic rings. The predicted molar refractivity (Wildman–Crippen MR) is 105 cm³/mol. The molecule has 0 saturated carbocycles. The second-order valence-corrected chi connectivity index (χ2v) is 6.27. The molecule has 3 aromatic carbocycles. The molecule has 28 heavy (non-hydrogen) atoms. The normalized spacial score (nSPS) is 14.4. The van der Waals surface area contributed by atoms with Crippen molar-refractivity contribution < 1.29 is 19.5 Å². The molecule has 1 atom stereocenters. The molecule has 1 heterocycles. The minimum atomic E-state index is -0.553. The third kappa shape index (κ3) is 3.56. The lowest BCUT2D eigenvalue weighted by atomic mass is 10.1. The summed E-state index contributed by atoms with van der Waals surface area (Å²) in [5.74, 6) is 1.64. The van der Waals surface area contributed by atoms with Crippen molar-refractivity contribution in [2.45, 2.75) is 6.17 Å². The summed E-state index contributed by atoms with van der Waals surface area (Å²) in [6.07, 6.45) is -0.165. The van der Waals surface area contributed by atoms with E-state index >= 15 is 0 Å². The maximum atomic E-state index is 11.6. The lowest BCUT2D eigenvalue weighted by Crippen LogP contribution is -2.18. The van der Waals surface area contributed by atoms with Gasteiger partial charge in [-0.3, -0.25) is 10.0 Å². The van der Waals surface area contributed by atoms with Crippen LogP contribution in [0, 0.1) is 0 Å². The van der Waals surface area contributed by atoms with Gasteiger partial charge in [0, 0.05) is 5.56 Å². The summed E-state index contributed by atoms with van der Waals surface area (Å²) >= 11 is 0. The number of benzene rings is 3. The van der Waals surface area contributed by atoms with Gasteiger partial charge in [0.05, 0.1) is 18.5 Å². The van der Waals surface area contributed by atoms with Gasteiger partial charge in [-0.25, -0.2) is 5.48 Å². The Bertz CT molecular complexity index is 1000. The van der Waals surface area contributed by atoms with Gasteiger partial charge in [0.25, 0.3) is 5.91 Å². The van der Waals surface area contributed by atoms with Crippen molar-refractivity contribution in [2.24, 2.45) is 0 Å². The number of methoxy groups -OCH3 is 1. The van der Waals surface area contributed by atoms with Crippen LogP contribution in [0.5, 0.6) is 17.2 Å². The summed E-state index contributed by atoms with van der Waals surface area (Å²) in [6.45, 7) is 0. The fraction of sp³-hybridized carbons (Fsp3) is 0.0952. The number of carbonyl (C=O) groups excluding carboxylic acids is 1. The Hall–Kier alpha value is -3.71. The Labute approximate surface area is 161 Å². The molecule has 0 saturated heterocycles. The van der Waals surface area contributed by atoms with Crippen LogP contribution in [0.3, 0.4) is 0 Å². The number of carbonyl (C=O) groups is 1. The average Bonchev–Trinajstić information content (AvgIpc) is 3.17. The highest BCUT2D eigenvalue weighted by Gasteiger charge is 2.22. The van der Waals surface area contributed by atoms with Crippen LogP contribution in [-0.2, 0) is 0 Å². The molecule has 0 bridgehead atoms. The first-order valence-corrected chi connectivity index (χ1v) is 8.70. The van der Waals surface area contributed by atoms with E-state index in [0.29, 0.717) is 17.1 Å². The molecule has 1 amide bonds. The molecule has 1 aliphatic heterocycles. The summed E-state index contributed by atoms with van der Waals surface area (Å²) in [7, 11) is 1.62. The minimum Gasteiger partial charge on any atom is -0.497 e. The number of rotatable bonds is 5. The Morgan fingerprint density at radius 2 is 1.68 bits per heavy atom. The van der Waals surface area contributed by atoms with Crippen LogP contribution >= 0.6 is 0 Å². The third-order valence-electron chi connectivity index (χ3n) is 4.47. The van der Waals surface area contributed by atoms with Crippen LogP contribution in [-0.4, -0.2) is 18.2 Å². The van der Waals surface area contributed by atoms with Crippen LogP contribution in [0.4, 0.5) is 11.4 Å². The van der Waals surface area contributed by atoms with E-state index in [-0.39, 0.29) is 6.17 Å². The summed E-state index contributed by atoms with van der Waals surface area (Å²) in [5.41, 5.74) is 4.65. The van der Waals surface area contributed by atoms with Crippen LogP contribution < -0.4 is 25.6 Å². The standard InChI is InChI=1S/C21H19N3O4/c1-27-15-6-8-16(9-7-15)28-17-4-2-3-13(11-17)20-22-18-10-5-14(21(25)24-26)12-19(18)23-20/h2-12,20,22-23,26H,1H3,(H,24,25). The smallest absolute Gasteiger partial charge is 0.274 e. The fourth-order valence-corrected chi connectivity index (χ4v) is 3.05. The number of hydrogen-bond acceptors (Lipinski definition) is 6. The van der Waals surface area contributed by atoms with Gasteiger partial charge in [0.15, 0.2) is 0 Å². The molecular formula is C21H19N3O4. The lowest BCUT2D eigenvalue weighted by Gasteiger charge is -2.14. The van der Waals surface area contributed by atoms with Crippen molar-refractivity contribution in [3.8, 4) is 17.2 Å². The first-order valence-electron chi connectivity index (χ1n) is 8.70. The van der Waals surface area contributed by atoms with Crippen molar-refractivity contribution in [3.05, 3.63) is 77.9 Å². The quantitative estimate of drug-likeness (QED) is 0.395. The fourth-order valence-electron chi connectivity index (χ4n) is 3.05. The summed E-state index contributed by atoms with van der Waals surface area (Å²) < 4.78 is 11.1. The SMILES string of the molecule is COc1ccc(Oc2cccc(C3Nc4ccc(C(=O)NO)cc4N3)c2)cc1. The zero-order valence-corrected chi connectivity index (χ0v) is 15.1. The molecule has 0 fully saturated rings. The molecule has 4 rings (SSSR count). The molecular weight excluding hydrogens is 358 g/mol. The van der Waals surface area contributed by atoms with Crippen LogP contribution in [0.15, 0.2) is 66.7 Å². The van der Waals surface area contributed by atoms with Crippen molar-refractivity contribution in [1.29, 1.82) is 0 Å². The summed E-state index contributed by atoms with van der Waals surface area (Å²) in [6, 6.07) is 20.3. The molecule has 0 aromatic heterocycles. The average molecular weight is 377 g/mol. The van der Waals surface area contributed by atoms with Crippen molar-refractivity contribution in [1.82, 2.24) is 5.48 Å². The largest absolute Gasteiger partial charge is 0.497 e. The molecule has 1 unspecified atom stereocenters. The Balaban J connectivity index is 1.50. The number of hydrogen-bond donors (Lipinski definition) is 4. The van der Waals surface area contributed by atoms with Crippen LogP contribution in [0.1, 0.15) is 22.1 Å². The molecule has 7 heteroatoms. The van der Waals surface area contributed by atoms with E-state index in [2.05, 4.69) is 10.6 Å². The van der Waals surface area contributed by atoms with Gasteiger partial charge < -0.3 is 20.1 Å². The monoisotopic (exact) mass is 377 g/mol. The lowest BCUT2D eigenvalue weighted by molar-refractivity contribution is 0.0706.